The Balaban J connectivity index is 2.20. The Morgan fingerprint density at radius 3 is 2.21 bits per heavy atom. The van der Waals surface area contributed by atoms with Crippen LogP contribution < -0.4 is 5.32 Å². The van der Waals surface area contributed by atoms with Crippen molar-refractivity contribution >= 4 is 21.8 Å². The number of esters is 2. The van der Waals surface area contributed by atoms with Gasteiger partial charge in [-0.25, -0.2) is 12.8 Å². The summed E-state index contributed by atoms with van der Waals surface area (Å²) in [6.07, 6.45) is 0. The van der Waals surface area contributed by atoms with Crippen molar-refractivity contribution in [3.05, 3.63) is 66.0 Å². The number of rotatable bonds is 5. The van der Waals surface area contributed by atoms with Crippen LogP contribution in [0.1, 0.15) is 11.6 Å². The first kappa shape index (κ1) is 20.9. The second-order valence-corrected chi connectivity index (χ2v) is 8.68. The van der Waals surface area contributed by atoms with Gasteiger partial charge in [0.25, 0.3) is 0 Å². The monoisotopic (exact) mass is 421 g/mol. The highest BCUT2D eigenvalue weighted by Crippen LogP contribution is 2.40. The molecule has 1 saturated heterocycles. The number of hydrogen-bond donors (Lipinski definition) is 1. The van der Waals surface area contributed by atoms with Crippen LogP contribution in [0, 0.1) is 11.7 Å². The Morgan fingerprint density at radius 2 is 1.62 bits per heavy atom. The van der Waals surface area contributed by atoms with Crippen LogP contribution in [-0.2, 0) is 28.9 Å². The van der Waals surface area contributed by atoms with E-state index < -0.39 is 50.8 Å². The highest BCUT2D eigenvalue weighted by atomic mass is 32.2. The maximum absolute atomic E-state index is 13.9. The van der Waals surface area contributed by atoms with E-state index in [1.165, 1.54) is 36.4 Å². The smallest absolute Gasteiger partial charge is 0.323 e. The predicted molar refractivity (Wildman–Crippen MR) is 101 cm³/mol. The molecule has 3 rings (SSSR count). The van der Waals surface area contributed by atoms with Crippen LogP contribution in [0.3, 0.4) is 0 Å². The third-order valence-electron chi connectivity index (χ3n) is 4.97. The Labute approximate surface area is 167 Å². The van der Waals surface area contributed by atoms with E-state index in [1.54, 1.807) is 18.2 Å². The molecule has 0 spiro atoms. The number of carbonyl (C=O) groups excluding carboxylic acids is 2. The van der Waals surface area contributed by atoms with Crippen molar-refractivity contribution in [2.45, 2.75) is 22.2 Å². The van der Waals surface area contributed by atoms with Crippen LogP contribution in [0.15, 0.2) is 59.5 Å². The van der Waals surface area contributed by atoms with Gasteiger partial charge in [-0.15, -0.1) is 0 Å². The lowest BCUT2D eigenvalue weighted by molar-refractivity contribution is -0.153. The van der Waals surface area contributed by atoms with Crippen molar-refractivity contribution in [3.63, 3.8) is 0 Å². The summed E-state index contributed by atoms with van der Waals surface area (Å²) in [6.45, 7) is 0. The second-order valence-electron chi connectivity index (χ2n) is 6.57. The molecule has 1 heterocycles. The van der Waals surface area contributed by atoms with Crippen molar-refractivity contribution in [2.24, 2.45) is 5.92 Å². The van der Waals surface area contributed by atoms with E-state index in [1.807, 2.05) is 0 Å². The minimum absolute atomic E-state index is 0.0207. The van der Waals surface area contributed by atoms with Crippen molar-refractivity contribution in [1.82, 2.24) is 5.32 Å². The lowest BCUT2D eigenvalue weighted by Gasteiger charge is -2.24. The minimum atomic E-state index is -4.12. The summed E-state index contributed by atoms with van der Waals surface area (Å²) in [5, 5.41) is 1.44. The maximum atomic E-state index is 13.9. The van der Waals surface area contributed by atoms with Gasteiger partial charge in [0.1, 0.15) is 23.0 Å². The number of methoxy groups -OCH3 is 2. The quantitative estimate of drug-likeness (QED) is 0.733. The highest BCUT2D eigenvalue weighted by Gasteiger charge is 2.57. The normalized spacial score (nSPS) is 24.1. The fourth-order valence-corrected chi connectivity index (χ4v) is 5.76. The third kappa shape index (κ3) is 3.88. The van der Waals surface area contributed by atoms with Crippen LogP contribution in [0.2, 0.25) is 0 Å². The summed E-state index contributed by atoms with van der Waals surface area (Å²) in [6, 6.07) is 10.6. The first-order valence-electron chi connectivity index (χ1n) is 8.77. The molecule has 0 aliphatic carbocycles. The number of hydrogen-bond acceptors (Lipinski definition) is 7. The Kier molecular flexibility index (Phi) is 5.99. The summed E-state index contributed by atoms with van der Waals surface area (Å²) in [7, 11) is -1.88. The summed E-state index contributed by atoms with van der Waals surface area (Å²) in [5.74, 6) is -3.65. The average Bonchev–Trinajstić information content (AvgIpc) is 3.15. The molecule has 4 atom stereocenters. The zero-order valence-corrected chi connectivity index (χ0v) is 16.6. The summed E-state index contributed by atoms with van der Waals surface area (Å²) in [4.78, 5) is 24.9. The van der Waals surface area contributed by atoms with Gasteiger partial charge >= 0.3 is 11.9 Å². The Bertz CT molecular complexity index is 1010. The number of sulfone groups is 1. The van der Waals surface area contributed by atoms with Crippen LogP contribution >= 0.6 is 0 Å². The average molecular weight is 421 g/mol. The summed E-state index contributed by atoms with van der Waals surface area (Å²) >= 11 is 0. The van der Waals surface area contributed by atoms with E-state index >= 15 is 0 Å². The maximum Gasteiger partial charge on any atom is 0.323 e. The zero-order chi connectivity index (χ0) is 21.2. The van der Waals surface area contributed by atoms with Gasteiger partial charge in [0.2, 0.25) is 0 Å². The fraction of sp³-hybridized carbons (Fsp3) is 0.300. The van der Waals surface area contributed by atoms with Crippen molar-refractivity contribution in [1.29, 1.82) is 0 Å². The van der Waals surface area contributed by atoms with Crippen molar-refractivity contribution in [3.8, 4) is 0 Å². The van der Waals surface area contributed by atoms with Gasteiger partial charge < -0.3 is 9.47 Å². The van der Waals surface area contributed by atoms with Gasteiger partial charge in [-0.1, -0.05) is 30.3 Å². The van der Waals surface area contributed by atoms with Gasteiger partial charge in [0, 0.05) is 0 Å². The molecule has 0 unspecified atom stereocenters. The molecular formula is C20H20FNO6S. The molecule has 1 aliphatic heterocycles. The van der Waals surface area contributed by atoms with Gasteiger partial charge in [0.05, 0.1) is 25.2 Å². The lowest BCUT2D eigenvalue weighted by Crippen LogP contribution is -2.43. The lowest BCUT2D eigenvalue weighted by atomic mass is 9.95. The molecule has 9 heteroatoms. The molecule has 154 valence electrons. The molecule has 1 N–H and O–H groups in total. The first-order chi connectivity index (χ1) is 13.8. The fourth-order valence-electron chi connectivity index (χ4n) is 3.66. The number of nitrogens with one attached hydrogen (secondary N) is 1. The highest BCUT2D eigenvalue weighted by molar-refractivity contribution is 7.92. The van der Waals surface area contributed by atoms with E-state index in [0.717, 1.165) is 14.2 Å². The molecule has 2 aromatic rings. The molecular weight excluding hydrogens is 401 g/mol. The molecule has 0 radical (unpaired) electrons. The Morgan fingerprint density at radius 1 is 0.966 bits per heavy atom. The summed E-state index contributed by atoms with van der Waals surface area (Å²) in [5.41, 5.74) is 0.287. The van der Waals surface area contributed by atoms with Gasteiger partial charge in [-0.3, -0.25) is 14.9 Å². The topological polar surface area (TPSA) is 98.8 Å². The molecule has 0 saturated carbocycles. The first-order valence-corrected chi connectivity index (χ1v) is 10.3. The van der Waals surface area contributed by atoms with Gasteiger partial charge in [0.15, 0.2) is 9.84 Å². The standard InChI is InChI=1S/C20H20FNO6S/c1-27-19(23)15-17(20(24)28-2)22-16(12-7-6-8-13(21)11-12)18(15)29(25,26)14-9-4-3-5-10-14/h3-11,15-18,22H,1-2H3/t15-,16+,17+,18-/m0/s1. The molecule has 2 aromatic carbocycles. The van der Waals surface area contributed by atoms with Crippen LogP contribution in [0.25, 0.3) is 0 Å². The van der Waals surface area contributed by atoms with Crippen molar-refractivity contribution < 1.29 is 31.9 Å². The van der Waals surface area contributed by atoms with Crippen LogP contribution in [0.4, 0.5) is 4.39 Å². The summed E-state index contributed by atoms with van der Waals surface area (Å²) < 4.78 is 50.4. The molecule has 1 aliphatic rings. The Hall–Kier alpha value is -2.78. The number of ether oxygens (including phenoxy) is 2. The van der Waals surface area contributed by atoms with Gasteiger partial charge in [-0.05, 0) is 29.8 Å². The third-order valence-corrected chi connectivity index (χ3v) is 7.18. The van der Waals surface area contributed by atoms with Crippen LogP contribution in [0.5, 0.6) is 0 Å². The van der Waals surface area contributed by atoms with Gasteiger partial charge in [-0.2, -0.15) is 0 Å². The predicted octanol–water partition coefficient (Wildman–Crippen LogP) is 1.64. The van der Waals surface area contributed by atoms with E-state index in [2.05, 4.69) is 5.32 Å². The van der Waals surface area contributed by atoms with Crippen LogP contribution in [-0.4, -0.2) is 45.9 Å². The molecule has 0 bridgehead atoms. The molecule has 0 aromatic heterocycles. The molecule has 1 fully saturated rings. The molecule has 29 heavy (non-hydrogen) atoms. The SMILES string of the molecule is COC(=O)[C@@H]1[C@H](S(=O)(=O)c2ccccc2)[C@@H](c2cccc(F)c2)N[C@H]1C(=O)OC. The van der Waals surface area contributed by atoms with E-state index in [0.29, 0.717) is 0 Å². The molecule has 7 nitrogen and oxygen atoms in total. The number of halogens is 1. The number of carbonyl (C=O) groups is 2. The van der Waals surface area contributed by atoms with E-state index in [4.69, 9.17) is 9.47 Å². The number of benzene rings is 2. The largest absolute Gasteiger partial charge is 0.469 e. The molecule has 0 amide bonds. The van der Waals surface area contributed by atoms with E-state index in [-0.39, 0.29) is 10.5 Å². The van der Waals surface area contributed by atoms with E-state index in [9.17, 15) is 22.4 Å². The zero-order valence-electron chi connectivity index (χ0n) is 15.7. The second kappa shape index (κ2) is 8.30. The van der Waals surface area contributed by atoms with Crippen molar-refractivity contribution in [2.75, 3.05) is 14.2 Å². The minimum Gasteiger partial charge on any atom is -0.469 e.